The van der Waals surface area contributed by atoms with Gasteiger partial charge in [0.05, 0.1) is 12.6 Å². The molecule has 1 saturated carbocycles. The van der Waals surface area contributed by atoms with E-state index in [0.29, 0.717) is 11.8 Å². The minimum atomic E-state index is -0.378. The molecule has 0 bridgehead atoms. The second-order valence-electron chi connectivity index (χ2n) is 7.07. The van der Waals surface area contributed by atoms with Crippen molar-refractivity contribution < 1.29 is 9.90 Å². The number of rotatable bonds is 5. The fraction of sp³-hybridized carbons (Fsp3) is 0.381. The molecule has 2 aromatic rings. The Labute approximate surface area is 148 Å². The maximum atomic E-state index is 12.4. The number of benzene rings is 2. The predicted octanol–water partition coefficient (Wildman–Crippen LogP) is 2.92. The number of carbonyl (C=O) groups excluding carboxylic acids is 1. The van der Waals surface area contributed by atoms with Crippen LogP contribution < -0.4 is 10.6 Å². The first-order valence-electron chi connectivity index (χ1n) is 9.05. The van der Waals surface area contributed by atoms with Crippen molar-refractivity contribution in [1.29, 1.82) is 0 Å². The molecule has 4 nitrogen and oxygen atoms in total. The van der Waals surface area contributed by atoms with E-state index in [1.165, 1.54) is 16.7 Å². The van der Waals surface area contributed by atoms with Crippen LogP contribution in [0.25, 0.3) is 0 Å². The Kier molecular flexibility index (Phi) is 4.22. The smallest absolute Gasteiger partial charge is 0.315 e. The molecule has 0 heterocycles. The molecule has 0 aliphatic heterocycles. The van der Waals surface area contributed by atoms with Crippen molar-refractivity contribution in [3.8, 4) is 0 Å². The molecule has 0 spiro atoms. The second kappa shape index (κ2) is 6.52. The van der Waals surface area contributed by atoms with Crippen molar-refractivity contribution in [3.05, 3.63) is 70.8 Å². The van der Waals surface area contributed by atoms with Crippen LogP contribution in [0.15, 0.2) is 48.5 Å². The third kappa shape index (κ3) is 3.02. The molecule has 4 rings (SSSR count). The Hall–Kier alpha value is -2.33. The Morgan fingerprint density at radius 2 is 1.96 bits per heavy atom. The van der Waals surface area contributed by atoms with Gasteiger partial charge in [-0.15, -0.1) is 0 Å². The van der Waals surface area contributed by atoms with E-state index in [2.05, 4.69) is 41.8 Å². The van der Waals surface area contributed by atoms with Gasteiger partial charge in [0.25, 0.3) is 0 Å². The number of hydrogen-bond donors (Lipinski definition) is 3. The highest BCUT2D eigenvalue weighted by Crippen LogP contribution is 2.56. The van der Waals surface area contributed by atoms with E-state index in [1.807, 2.05) is 24.3 Å². The highest BCUT2D eigenvalue weighted by molar-refractivity contribution is 5.76. The molecule has 2 amide bonds. The van der Waals surface area contributed by atoms with Crippen LogP contribution in [-0.4, -0.2) is 23.8 Å². The van der Waals surface area contributed by atoms with E-state index >= 15 is 0 Å². The maximum absolute atomic E-state index is 12.4. The first-order chi connectivity index (χ1) is 12.2. The van der Waals surface area contributed by atoms with Gasteiger partial charge in [-0.1, -0.05) is 55.5 Å². The van der Waals surface area contributed by atoms with Crippen molar-refractivity contribution in [2.45, 2.75) is 37.8 Å². The Morgan fingerprint density at radius 3 is 2.68 bits per heavy atom. The van der Waals surface area contributed by atoms with Gasteiger partial charge in [-0.25, -0.2) is 4.79 Å². The molecule has 130 valence electrons. The molecule has 2 aromatic carbocycles. The fourth-order valence-electron chi connectivity index (χ4n) is 4.12. The van der Waals surface area contributed by atoms with Crippen LogP contribution in [0, 0.1) is 5.92 Å². The van der Waals surface area contributed by atoms with Gasteiger partial charge >= 0.3 is 6.03 Å². The van der Waals surface area contributed by atoms with Gasteiger partial charge < -0.3 is 15.7 Å². The standard InChI is InChI=1S/C21H24N2O2/c1-2-13-7-9-14(10-8-13)18(12-24)22-21(25)23-20-17-11-15-5-3-4-6-16(15)19(17)20/h3-10,17-20,24H,2,11-12H2,1H3,(H2,22,23,25). The normalized spacial score (nSPS) is 24.2. The first kappa shape index (κ1) is 16.2. The molecule has 2 aliphatic carbocycles. The molecule has 1 fully saturated rings. The number of fused-ring (bicyclic) bond motifs is 3. The second-order valence-corrected chi connectivity index (χ2v) is 7.07. The molecule has 2 aliphatic rings. The number of urea groups is 1. The Balaban J connectivity index is 1.36. The van der Waals surface area contributed by atoms with Gasteiger partial charge in [0.15, 0.2) is 0 Å². The zero-order valence-electron chi connectivity index (χ0n) is 14.4. The third-order valence-electron chi connectivity index (χ3n) is 5.61. The summed E-state index contributed by atoms with van der Waals surface area (Å²) in [5.41, 5.74) is 4.97. The van der Waals surface area contributed by atoms with Crippen LogP contribution in [0.3, 0.4) is 0 Å². The van der Waals surface area contributed by atoms with E-state index in [0.717, 1.165) is 18.4 Å². The monoisotopic (exact) mass is 336 g/mol. The van der Waals surface area contributed by atoms with Gasteiger partial charge in [0, 0.05) is 12.0 Å². The van der Waals surface area contributed by atoms with Crippen molar-refractivity contribution in [1.82, 2.24) is 10.6 Å². The highest BCUT2D eigenvalue weighted by atomic mass is 16.3. The van der Waals surface area contributed by atoms with E-state index in [1.54, 1.807) is 0 Å². The number of hydrogen-bond acceptors (Lipinski definition) is 2. The molecular formula is C21H24N2O2. The lowest BCUT2D eigenvalue weighted by molar-refractivity contribution is 0.216. The van der Waals surface area contributed by atoms with Crippen molar-refractivity contribution >= 4 is 6.03 Å². The van der Waals surface area contributed by atoms with Crippen LogP contribution in [0.1, 0.15) is 41.1 Å². The highest BCUT2D eigenvalue weighted by Gasteiger charge is 2.56. The molecule has 4 atom stereocenters. The lowest BCUT2D eigenvalue weighted by Gasteiger charge is -2.18. The molecule has 4 heteroatoms. The summed E-state index contributed by atoms with van der Waals surface area (Å²) in [5, 5.41) is 15.7. The number of aliphatic hydroxyl groups excluding tert-OH is 1. The van der Waals surface area contributed by atoms with E-state index in [9.17, 15) is 9.90 Å². The zero-order chi connectivity index (χ0) is 17.4. The number of carbonyl (C=O) groups is 1. The van der Waals surface area contributed by atoms with Crippen molar-refractivity contribution in [2.24, 2.45) is 5.92 Å². The van der Waals surface area contributed by atoms with E-state index in [4.69, 9.17) is 0 Å². The summed E-state index contributed by atoms with van der Waals surface area (Å²) in [5.74, 6) is 0.984. The number of amides is 2. The molecule has 0 radical (unpaired) electrons. The van der Waals surface area contributed by atoms with Crippen LogP contribution in [0.4, 0.5) is 4.79 Å². The average Bonchev–Trinajstić information content (AvgIpc) is 3.15. The van der Waals surface area contributed by atoms with Gasteiger partial charge in [-0.2, -0.15) is 0 Å². The average molecular weight is 336 g/mol. The van der Waals surface area contributed by atoms with Crippen LogP contribution in [0.2, 0.25) is 0 Å². The first-order valence-corrected chi connectivity index (χ1v) is 9.05. The Bertz CT molecular complexity index is 772. The van der Waals surface area contributed by atoms with Crippen molar-refractivity contribution in [3.63, 3.8) is 0 Å². The fourth-order valence-corrected chi connectivity index (χ4v) is 4.12. The quantitative estimate of drug-likeness (QED) is 0.786. The molecule has 4 unspecified atom stereocenters. The van der Waals surface area contributed by atoms with Gasteiger partial charge in [-0.05, 0) is 41.0 Å². The third-order valence-corrected chi connectivity index (χ3v) is 5.61. The van der Waals surface area contributed by atoms with Gasteiger partial charge in [0.2, 0.25) is 0 Å². The molecule has 25 heavy (non-hydrogen) atoms. The Morgan fingerprint density at radius 1 is 1.20 bits per heavy atom. The lowest BCUT2D eigenvalue weighted by Crippen LogP contribution is -2.41. The van der Waals surface area contributed by atoms with Gasteiger partial charge in [0.1, 0.15) is 0 Å². The SMILES string of the molecule is CCc1ccc(C(CO)NC(=O)NC2C3Cc4ccccc4C32)cc1. The van der Waals surface area contributed by atoms with E-state index < -0.39 is 0 Å². The topological polar surface area (TPSA) is 61.4 Å². The maximum Gasteiger partial charge on any atom is 0.315 e. The van der Waals surface area contributed by atoms with Crippen LogP contribution in [0.5, 0.6) is 0 Å². The van der Waals surface area contributed by atoms with Crippen molar-refractivity contribution in [2.75, 3.05) is 6.61 Å². The lowest BCUT2D eigenvalue weighted by atomic mass is 10.0. The summed E-state index contributed by atoms with van der Waals surface area (Å²) in [7, 11) is 0. The summed E-state index contributed by atoms with van der Waals surface area (Å²) in [6.07, 6.45) is 2.03. The van der Waals surface area contributed by atoms with Crippen LogP contribution >= 0.6 is 0 Å². The zero-order valence-corrected chi connectivity index (χ0v) is 14.4. The van der Waals surface area contributed by atoms with E-state index in [-0.39, 0.29) is 24.7 Å². The molecule has 3 N–H and O–H groups in total. The summed E-state index contributed by atoms with van der Waals surface area (Å²) in [4.78, 5) is 12.4. The minimum Gasteiger partial charge on any atom is -0.394 e. The van der Waals surface area contributed by atoms with Gasteiger partial charge in [-0.3, -0.25) is 0 Å². The predicted molar refractivity (Wildman–Crippen MR) is 97.5 cm³/mol. The summed E-state index contributed by atoms with van der Waals surface area (Å²) in [6, 6.07) is 16.2. The largest absolute Gasteiger partial charge is 0.394 e. The number of nitrogens with one attached hydrogen (secondary N) is 2. The molecule has 0 saturated heterocycles. The molecule has 0 aromatic heterocycles. The minimum absolute atomic E-state index is 0.112. The number of aliphatic hydroxyl groups is 1. The summed E-state index contributed by atoms with van der Waals surface area (Å²) < 4.78 is 0. The summed E-state index contributed by atoms with van der Waals surface area (Å²) >= 11 is 0. The summed E-state index contributed by atoms with van der Waals surface area (Å²) in [6.45, 7) is 1.99. The number of aryl methyl sites for hydroxylation is 1. The van der Waals surface area contributed by atoms with Crippen LogP contribution in [-0.2, 0) is 12.8 Å². The molecular weight excluding hydrogens is 312 g/mol.